The molecular formula is C14H23NO. The number of aryl methyl sites for hydroxylation is 1. The summed E-state index contributed by atoms with van der Waals surface area (Å²) < 4.78 is 5.36. The van der Waals surface area contributed by atoms with E-state index in [0.717, 1.165) is 18.8 Å². The zero-order valence-electron chi connectivity index (χ0n) is 10.7. The first-order valence-electron chi connectivity index (χ1n) is 6.18. The van der Waals surface area contributed by atoms with Gasteiger partial charge in [-0.2, -0.15) is 0 Å². The van der Waals surface area contributed by atoms with Gasteiger partial charge in [0.15, 0.2) is 0 Å². The fourth-order valence-corrected chi connectivity index (χ4v) is 1.77. The molecular weight excluding hydrogens is 198 g/mol. The first-order chi connectivity index (χ1) is 7.81. The van der Waals surface area contributed by atoms with E-state index in [0.29, 0.717) is 0 Å². The molecule has 0 bridgehead atoms. The van der Waals surface area contributed by atoms with E-state index in [1.165, 1.54) is 30.4 Å². The molecule has 0 saturated carbocycles. The van der Waals surface area contributed by atoms with E-state index in [2.05, 4.69) is 37.4 Å². The van der Waals surface area contributed by atoms with E-state index in [1.807, 2.05) is 0 Å². The van der Waals surface area contributed by atoms with Gasteiger partial charge >= 0.3 is 0 Å². The van der Waals surface area contributed by atoms with Gasteiger partial charge in [0.1, 0.15) is 5.75 Å². The predicted molar refractivity (Wildman–Crippen MR) is 69.0 cm³/mol. The quantitative estimate of drug-likeness (QED) is 0.763. The van der Waals surface area contributed by atoms with Gasteiger partial charge in [0.25, 0.3) is 0 Å². The van der Waals surface area contributed by atoms with Gasteiger partial charge in [0.2, 0.25) is 0 Å². The van der Waals surface area contributed by atoms with Gasteiger partial charge in [0.05, 0.1) is 7.11 Å². The van der Waals surface area contributed by atoms with Crippen molar-refractivity contribution in [2.24, 2.45) is 0 Å². The molecule has 0 unspecified atom stereocenters. The molecule has 0 radical (unpaired) electrons. The van der Waals surface area contributed by atoms with Crippen molar-refractivity contribution in [3.05, 3.63) is 29.3 Å². The molecule has 0 spiro atoms. The topological polar surface area (TPSA) is 21.3 Å². The molecule has 1 N–H and O–H groups in total. The highest BCUT2D eigenvalue weighted by atomic mass is 16.5. The number of rotatable bonds is 7. The molecule has 0 amide bonds. The highest BCUT2D eigenvalue weighted by molar-refractivity contribution is 5.37. The number of hydrogen-bond donors (Lipinski definition) is 1. The Morgan fingerprint density at radius 1 is 1.25 bits per heavy atom. The third-order valence-corrected chi connectivity index (χ3v) is 2.73. The molecule has 0 aromatic heterocycles. The third-order valence-electron chi connectivity index (χ3n) is 2.73. The molecule has 2 nitrogen and oxygen atoms in total. The van der Waals surface area contributed by atoms with Gasteiger partial charge in [-0.05, 0) is 31.0 Å². The smallest absolute Gasteiger partial charge is 0.123 e. The molecule has 1 rings (SSSR count). The van der Waals surface area contributed by atoms with Crippen molar-refractivity contribution in [3.8, 4) is 5.75 Å². The Hall–Kier alpha value is -1.02. The molecule has 0 aliphatic carbocycles. The maximum atomic E-state index is 5.36. The van der Waals surface area contributed by atoms with Crippen LogP contribution in [0.15, 0.2) is 18.2 Å². The lowest BCUT2D eigenvalue weighted by Gasteiger charge is -2.11. The van der Waals surface area contributed by atoms with Gasteiger partial charge < -0.3 is 10.1 Å². The van der Waals surface area contributed by atoms with Crippen LogP contribution < -0.4 is 10.1 Å². The molecule has 0 atom stereocenters. The third kappa shape index (κ3) is 3.86. The Kier molecular flexibility index (Phi) is 5.94. The molecule has 0 saturated heterocycles. The molecule has 0 fully saturated rings. The van der Waals surface area contributed by atoms with Crippen molar-refractivity contribution in [1.29, 1.82) is 0 Å². The maximum Gasteiger partial charge on any atom is 0.123 e. The van der Waals surface area contributed by atoms with Gasteiger partial charge in [0, 0.05) is 12.1 Å². The van der Waals surface area contributed by atoms with Crippen LogP contribution >= 0.6 is 0 Å². The van der Waals surface area contributed by atoms with Gasteiger partial charge in [-0.15, -0.1) is 0 Å². The number of ether oxygens (including phenoxy) is 1. The first kappa shape index (κ1) is 13.0. The van der Waals surface area contributed by atoms with Crippen LogP contribution in [0.1, 0.15) is 37.8 Å². The summed E-state index contributed by atoms with van der Waals surface area (Å²) in [6, 6.07) is 6.51. The standard InChI is InChI=1S/C14H23NO/c1-4-6-7-12-8-9-14(16-3)13(10-12)11-15-5-2/h8-10,15H,4-7,11H2,1-3H3. The van der Waals surface area contributed by atoms with Crippen molar-refractivity contribution in [2.45, 2.75) is 39.7 Å². The Morgan fingerprint density at radius 3 is 2.69 bits per heavy atom. The van der Waals surface area contributed by atoms with Gasteiger partial charge in [-0.25, -0.2) is 0 Å². The van der Waals surface area contributed by atoms with E-state index in [9.17, 15) is 0 Å². The Morgan fingerprint density at radius 2 is 2.06 bits per heavy atom. The lowest BCUT2D eigenvalue weighted by atomic mass is 10.0. The maximum absolute atomic E-state index is 5.36. The largest absolute Gasteiger partial charge is 0.496 e. The Labute approximate surface area is 99.0 Å². The average molecular weight is 221 g/mol. The number of hydrogen-bond acceptors (Lipinski definition) is 2. The van der Waals surface area contributed by atoms with Crippen molar-refractivity contribution in [2.75, 3.05) is 13.7 Å². The van der Waals surface area contributed by atoms with Crippen LogP contribution in [0.4, 0.5) is 0 Å². The van der Waals surface area contributed by atoms with Crippen molar-refractivity contribution >= 4 is 0 Å². The molecule has 2 heteroatoms. The minimum Gasteiger partial charge on any atom is -0.496 e. The molecule has 0 aliphatic rings. The summed E-state index contributed by atoms with van der Waals surface area (Å²) >= 11 is 0. The predicted octanol–water partition coefficient (Wildman–Crippen LogP) is 3.15. The van der Waals surface area contributed by atoms with Crippen molar-refractivity contribution in [3.63, 3.8) is 0 Å². The lowest BCUT2D eigenvalue weighted by Crippen LogP contribution is -2.12. The summed E-state index contributed by atoms with van der Waals surface area (Å²) in [6.45, 7) is 6.22. The van der Waals surface area contributed by atoms with E-state index in [4.69, 9.17) is 4.74 Å². The summed E-state index contributed by atoms with van der Waals surface area (Å²) in [5.41, 5.74) is 2.67. The SMILES string of the molecule is CCCCc1ccc(OC)c(CNCC)c1. The fraction of sp³-hybridized carbons (Fsp3) is 0.571. The summed E-state index contributed by atoms with van der Waals surface area (Å²) in [5.74, 6) is 0.987. The minimum absolute atomic E-state index is 0.889. The summed E-state index contributed by atoms with van der Waals surface area (Å²) in [5, 5.41) is 3.34. The van der Waals surface area contributed by atoms with Gasteiger partial charge in [-0.3, -0.25) is 0 Å². The molecule has 1 aromatic carbocycles. The van der Waals surface area contributed by atoms with Crippen molar-refractivity contribution < 1.29 is 4.74 Å². The second-order valence-electron chi connectivity index (χ2n) is 4.03. The second kappa shape index (κ2) is 7.29. The van der Waals surface area contributed by atoms with E-state index >= 15 is 0 Å². The van der Waals surface area contributed by atoms with Crippen LogP contribution in [0.5, 0.6) is 5.75 Å². The van der Waals surface area contributed by atoms with Crippen LogP contribution in [0.3, 0.4) is 0 Å². The zero-order chi connectivity index (χ0) is 11.8. The molecule has 16 heavy (non-hydrogen) atoms. The highest BCUT2D eigenvalue weighted by Gasteiger charge is 2.03. The van der Waals surface area contributed by atoms with E-state index in [1.54, 1.807) is 7.11 Å². The van der Waals surface area contributed by atoms with Crippen LogP contribution in [-0.4, -0.2) is 13.7 Å². The summed E-state index contributed by atoms with van der Waals surface area (Å²) in [6.07, 6.45) is 3.67. The number of unbranched alkanes of at least 4 members (excludes halogenated alkanes) is 1. The average Bonchev–Trinajstić information content (AvgIpc) is 2.33. The molecule has 1 aromatic rings. The lowest BCUT2D eigenvalue weighted by molar-refractivity contribution is 0.407. The summed E-state index contributed by atoms with van der Waals surface area (Å²) in [4.78, 5) is 0. The fourth-order valence-electron chi connectivity index (χ4n) is 1.77. The van der Waals surface area contributed by atoms with Crippen LogP contribution in [-0.2, 0) is 13.0 Å². The zero-order valence-corrected chi connectivity index (χ0v) is 10.7. The molecule has 0 aliphatic heterocycles. The normalized spacial score (nSPS) is 10.4. The van der Waals surface area contributed by atoms with Crippen LogP contribution in [0.25, 0.3) is 0 Å². The monoisotopic (exact) mass is 221 g/mol. The first-order valence-corrected chi connectivity index (χ1v) is 6.18. The molecule has 90 valence electrons. The van der Waals surface area contributed by atoms with Gasteiger partial charge in [-0.1, -0.05) is 32.4 Å². The Bertz CT molecular complexity index is 310. The van der Waals surface area contributed by atoms with Crippen LogP contribution in [0.2, 0.25) is 0 Å². The summed E-state index contributed by atoms with van der Waals surface area (Å²) in [7, 11) is 1.73. The number of benzene rings is 1. The Balaban J connectivity index is 2.74. The number of nitrogens with one attached hydrogen (secondary N) is 1. The number of methoxy groups -OCH3 is 1. The van der Waals surface area contributed by atoms with E-state index in [-0.39, 0.29) is 0 Å². The minimum atomic E-state index is 0.889. The molecule has 0 heterocycles. The van der Waals surface area contributed by atoms with E-state index < -0.39 is 0 Å². The van der Waals surface area contributed by atoms with Crippen LogP contribution in [0, 0.1) is 0 Å². The second-order valence-corrected chi connectivity index (χ2v) is 4.03. The van der Waals surface area contributed by atoms with Crippen molar-refractivity contribution in [1.82, 2.24) is 5.32 Å². The highest BCUT2D eigenvalue weighted by Crippen LogP contribution is 2.20.